The molecule has 0 unspecified atom stereocenters. The molecule has 120 valence electrons. The standard InChI is InChI=1S/C22H17N3/c23-22-20(17-8-4-10-24-14-17)12-19(16-6-2-1-3-7-16)13-21(22)18-9-5-11-25-15-18/h1-15H,23H2/i1D,2D,3D,6D,7D. The number of nitrogens with two attached hydrogens (primary N) is 1. The first kappa shape index (κ1) is 10.4. The molecule has 0 spiro atoms. The summed E-state index contributed by atoms with van der Waals surface area (Å²) < 4.78 is 40.6. The highest BCUT2D eigenvalue weighted by Crippen LogP contribution is 2.38. The van der Waals surface area contributed by atoms with Gasteiger partial charge in [-0.05, 0) is 35.4 Å². The lowest BCUT2D eigenvalue weighted by atomic mass is 9.92. The fourth-order valence-electron chi connectivity index (χ4n) is 2.71. The molecule has 0 amide bonds. The molecule has 25 heavy (non-hydrogen) atoms. The molecule has 4 aromatic rings. The van der Waals surface area contributed by atoms with E-state index in [9.17, 15) is 0 Å². The van der Waals surface area contributed by atoms with Crippen LogP contribution in [0.5, 0.6) is 0 Å². The lowest BCUT2D eigenvalue weighted by molar-refractivity contribution is 1.32. The molecule has 0 saturated heterocycles. The van der Waals surface area contributed by atoms with Gasteiger partial charge in [-0.3, -0.25) is 9.97 Å². The third-order valence-corrected chi connectivity index (χ3v) is 3.91. The molecular formula is C22H17N3. The summed E-state index contributed by atoms with van der Waals surface area (Å²) in [6.45, 7) is 0. The molecule has 2 heterocycles. The molecular weight excluding hydrogens is 306 g/mol. The maximum absolute atomic E-state index is 8.35. The summed E-state index contributed by atoms with van der Waals surface area (Å²) in [5.41, 5.74) is 10.4. The average molecular weight is 328 g/mol. The molecule has 2 aromatic carbocycles. The Kier molecular flexibility index (Phi) is 2.74. The number of aromatic nitrogens is 2. The van der Waals surface area contributed by atoms with Crippen LogP contribution >= 0.6 is 0 Å². The van der Waals surface area contributed by atoms with Crippen LogP contribution in [-0.4, -0.2) is 9.97 Å². The Morgan fingerprint density at radius 2 is 1.28 bits per heavy atom. The summed E-state index contributed by atoms with van der Waals surface area (Å²) in [4.78, 5) is 8.31. The van der Waals surface area contributed by atoms with Gasteiger partial charge in [0.05, 0.1) is 6.85 Å². The van der Waals surface area contributed by atoms with E-state index in [1.54, 1.807) is 49.1 Å². The maximum atomic E-state index is 8.35. The predicted octanol–water partition coefficient (Wildman–Crippen LogP) is 5.06. The summed E-state index contributed by atoms with van der Waals surface area (Å²) in [6.07, 6.45) is 6.65. The van der Waals surface area contributed by atoms with Crippen LogP contribution in [0.2, 0.25) is 0 Å². The number of benzene rings is 2. The van der Waals surface area contributed by atoms with Gasteiger partial charge < -0.3 is 5.73 Å². The van der Waals surface area contributed by atoms with Crippen LogP contribution in [0.3, 0.4) is 0 Å². The zero-order valence-corrected chi connectivity index (χ0v) is 13.2. The van der Waals surface area contributed by atoms with Gasteiger partial charge in [0.25, 0.3) is 0 Å². The van der Waals surface area contributed by atoms with Gasteiger partial charge in [0.1, 0.15) is 0 Å². The van der Waals surface area contributed by atoms with E-state index in [2.05, 4.69) is 9.97 Å². The van der Waals surface area contributed by atoms with Gasteiger partial charge in [-0.15, -0.1) is 0 Å². The molecule has 0 fully saturated rings. The first-order valence-electron chi connectivity index (χ1n) is 10.2. The van der Waals surface area contributed by atoms with E-state index in [-0.39, 0.29) is 29.7 Å². The zero-order chi connectivity index (χ0) is 21.4. The van der Waals surface area contributed by atoms with Crippen molar-refractivity contribution in [1.29, 1.82) is 0 Å². The van der Waals surface area contributed by atoms with E-state index in [1.807, 2.05) is 12.1 Å². The highest BCUT2D eigenvalue weighted by atomic mass is 14.6. The van der Waals surface area contributed by atoms with Crippen molar-refractivity contribution >= 4 is 5.69 Å². The molecule has 0 radical (unpaired) electrons. The maximum Gasteiger partial charge on any atom is 0.0629 e. The quantitative estimate of drug-likeness (QED) is 0.535. The van der Waals surface area contributed by atoms with Gasteiger partial charge in [-0.25, -0.2) is 0 Å². The van der Waals surface area contributed by atoms with E-state index in [0.717, 1.165) is 11.1 Å². The molecule has 3 heteroatoms. The number of pyridine rings is 2. The van der Waals surface area contributed by atoms with E-state index in [1.165, 1.54) is 0 Å². The SMILES string of the molecule is [2H]c1c([2H])c([2H])c(-c2cc(-c3cccnc3)c(N)c(-c3cccnc3)c2)c([2H])c1[2H]. The van der Waals surface area contributed by atoms with Gasteiger partial charge in [0.2, 0.25) is 0 Å². The van der Waals surface area contributed by atoms with Crippen molar-refractivity contribution in [3.8, 4) is 33.4 Å². The predicted molar refractivity (Wildman–Crippen MR) is 103 cm³/mol. The second-order valence-electron chi connectivity index (χ2n) is 5.47. The number of hydrogen-bond donors (Lipinski definition) is 1. The minimum atomic E-state index is -0.427. The Hall–Kier alpha value is -3.46. The highest BCUT2D eigenvalue weighted by molar-refractivity contribution is 5.92. The van der Waals surface area contributed by atoms with E-state index < -0.39 is 6.04 Å². The van der Waals surface area contributed by atoms with Crippen LogP contribution in [0.25, 0.3) is 33.4 Å². The second-order valence-corrected chi connectivity index (χ2v) is 5.47. The van der Waals surface area contributed by atoms with Gasteiger partial charge in [0.15, 0.2) is 0 Å². The minimum absolute atomic E-state index is 0.122. The van der Waals surface area contributed by atoms with Crippen molar-refractivity contribution in [2.45, 2.75) is 0 Å². The Bertz CT molecular complexity index is 1160. The number of nitrogens with zero attached hydrogens (tertiary/aromatic N) is 2. The lowest BCUT2D eigenvalue weighted by Gasteiger charge is -2.15. The van der Waals surface area contributed by atoms with Gasteiger partial charge in [-0.2, -0.15) is 0 Å². The molecule has 2 aromatic heterocycles. The Morgan fingerprint density at radius 3 is 1.76 bits per heavy atom. The van der Waals surface area contributed by atoms with Gasteiger partial charge >= 0.3 is 0 Å². The molecule has 0 saturated carbocycles. The van der Waals surface area contributed by atoms with Crippen LogP contribution in [-0.2, 0) is 0 Å². The summed E-state index contributed by atoms with van der Waals surface area (Å²) in [7, 11) is 0. The summed E-state index contributed by atoms with van der Waals surface area (Å²) in [5.74, 6) is 0. The largest absolute Gasteiger partial charge is 0.398 e. The van der Waals surface area contributed by atoms with Crippen LogP contribution in [0.4, 0.5) is 5.69 Å². The molecule has 0 bridgehead atoms. The number of rotatable bonds is 3. The van der Waals surface area contributed by atoms with Crippen molar-refractivity contribution in [3.05, 3.63) is 91.4 Å². The normalized spacial score (nSPS) is 13.4. The van der Waals surface area contributed by atoms with E-state index in [4.69, 9.17) is 12.6 Å². The Morgan fingerprint density at radius 1 is 0.720 bits per heavy atom. The molecule has 0 aliphatic heterocycles. The fourth-order valence-corrected chi connectivity index (χ4v) is 2.71. The summed E-state index contributed by atoms with van der Waals surface area (Å²) >= 11 is 0. The summed E-state index contributed by atoms with van der Waals surface area (Å²) in [6, 6.07) is 9.05. The van der Waals surface area contributed by atoms with Gasteiger partial charge in [0, 0.05) is 52.7 Å². The molecule has 0 aliphatic rings. The number of hydrogen-bond acceptors (Lipinski definition) is 3. The van der Waals surface area contributed by atoms with Crippen molar-refractivity contribution in [2.24, 2.45) is 0 Å². The van der Waals surface area contributed by atoms with Crippen molar-refractivity contribution in [2.75, 3.05) is 5.73 Å². The van der Waals surface area contributed by atoms with Crippen molar-refractivity contribution < 1.29 is 6.85 Å². The van der Waals surface area contributed by atoms with Crippen LogP contribution < -0.4 is 5.73 Å². The first-order chi connectivity index (χ1) is 14.4. The van der Waals surface area contributed by atoms with Crippen molar-refractivity contribution in [1.82, 2.24) is 9.97 Å². The second kappa shape index (κ2) is 6.57. The zero-order valence-electron chi connectivity index (χ0n) is 18.2. The fraction of sp³-hybridized carbons (Fsp3) is 0. The summed E-state index contributed by atoms with van der Waals surface area (Å²) in [5, 5.41) is 0. The average Bonchev–Trinajstić information content (AvgIpc) is 2.78. The van der Waals surface area contributed by atoms with Crippen molar-refractivity contribution in [3.63, 3.8) is 0 Å². The van der Waals surface area contributed by atoms with Crippen LogP contribution in [0.1, 0.15) is 6.85 Å². The number of anilines is 1. The third-order valence-electron chi connectivity index (χ3n) is 3.91. The van der Waals surface area contributed by atoms with E-state index >= 15 is 0 Å². The number of nitrogen functional groups attached to an aromatic ring is 1. The monoisotopic (exact) mass is 328 g/mol. The smallest absolute Gasteiger partial charge is 0.0629 e. The third kappa shape index (κ3) is 3.00. The Balaban J connectivity index is 2.08. The molecule has 2 N–H and O–H groups in total. The topological polar surface area (TPSA) is 51.8 Å². The molecule has 3 nitrogen and oxygen atoms in total. The van der Waals surface area contributed by atoms with E-state index in [0.29, 0.717) is 22.4 Å². The molecule has 4 rings (SSSR count). The van der Waals surface area contributed by atoms with Crippen LogP contribution in [0, 0.1) is 0 Å². The molecule has 0 aliphatic carbocycles. The minimum Gasteiger partial charge on any atom is -0.398 e. The highest BCUT2D eigenvalue weighted by Gasteiger charge is 2.13. The Labute approximate surface area is 153 Å². The first-order valence-corrected chi connectivity index (χ1v) is 7.71. The van der Waals surface area contributed by atoms with Crippen LogP contribution in [0.15, 0.2) is 91.4 Å². The molecule has 0 atom stereocenters. The lowest BCUT2D eigenvalue weighted by Crippen LogP contribution is -1.96. The van der Waals surface area contributed by atoms with Gasteiger partial charge in [-0.1, -0.05) is 42.3 Å².